The van der Waals surface area contributed by atoms with E-state index in [2.05, 4.69) is 10.1 Å². The van der Waals surface area contributed by atoms with Gasteiger partial charge in [0.05, 0.1) is 6.61 Å². The van der Waals surface area contributed by atoms with Crippen molar-refractivity contribution < 1.29 is 18.8 Å². The quantitative estimate of drug-likeness (QED) is 0.715. The molecule has 1 aliphatic rings. The van der Waals surface area contributed by atoms with Crippen molar-refractivity contribution in [2.45, 2.75) is 45.6 Å². The van der Waals surface area contributed by atoms with Gasteiger partial charge < -0.3 is 14.0 Å². The lowest BCUT2D eigenvalue weighted by molar-refractivity contribution is -0.146. The van der Waals surface area contributed by atoms with Crippen molar-refractivity contribution in [3.8, 4) is 0 Å². The smallest absolute Gasteiger partial charge is 0.318 e. The molecule has 112 valence electrons. The Morgan fingerprint density at radius 2 is 2.15 bits per heavy atom. The van der Waals surface area contributed by atoms with E-state index in [1.807, 2.05) is 13.8 Å². The molecular formula is C14H22N2O4. The molecule has 0 bridgehead atoms. The Labute approximate surface area is 118 Å². The average Bonchev–Trinajstić information content (AvgIpc) is 3.11. The molecule has 0 radical (unpaired) electrons. The standard InChI is InChI=1S/C14H22N2O4/c1-5-19-14(17)10(8(2)3)13-15-12(16-20-13)11(18-4)9-6-7-9/h8-11H,5-7H2,1-4H3. The molecule has 0 aromatic carbocycles. The molecule has 1 aliphatic carbocycles. The molecule has 0 amide bonds. The molecule has 6 heteroatoms. The zero-order valence-corrected chi connectivity index (χ0v) is 12.5. The van der Waals surface area contributed by atoms with Crippen LogP contribution in [0.3, 0.4) is 0 Å². The van der Waals surface area contributed by atoms with Gasteiger partial charge in [0.15, 0.2) is 0 Å². The molecule has 2 rings (SSSR count). The normalized spacial score (nSPS) is 18.1. The molecule has 20 heavy (non-hydrogen) atoms. The number of nitrogens with zero attached hydrogens (tertiary/aromatic N) is 2. The van der Waals surface area contributed by atoms with Gasteiger partial charge in [0, 0.05) is 7.11 Å². The van der Waals surface area contributed by atoms with E-state index in [0.29, 0.717) is 24.2 Å². The Hall–Kier alpha value is -1.43. The predicted molar refractivity (Wildman–Crippen MR) is 71.0 cm³/mol. The highest BCUT2D eigenvalue weighted by Crippen LogP contribution is 2.42. The third-order valence-corrected chi connectivity index (χ3v) is 3.49. The zero-order valence-electron chi connectivity index (χ0n) is 12.5. The van der Waals surface area contributed by atoms with Gasteiger partial charge in [-0.3, -0.25) is 4.79 Å². The number of hydrogen-bond acceptors (Lipinski definition) is 6. The highest BCUT2D eigenvalue weighted by Gasteiger charge is 2.37. The zero-order chi connectivity index (χ0) is 14.7. The van der Waals surface area contributed by atoms with E-state index in [0.717, 1.165) is 12.8 Å². The van der Waals surface area contributed by atoms with Gasteiger partial charge in [0.1, 0.15) is 12.0 Å². The molecule has 0 N–H and O–H groups in total. The van der Waals surface area contributed by atoms with Gasteiger partial charge in [-0.05, 0) is 31.6 Å². The number of carbonyl (C=O) groups is 1. The monoisotopic (exact) mass is 282 g/mol. The third-order valence-electron chi connectivity index (χ3n) is 3.49. The molecule has 6 nitrogen and oxygen atoms in total. The van der Waals surface area contributed by atoms with Gasteiger partial charge in [-0.25, -0.2) is 0 Å². The highest BCUT2D eigenvalue weighted by atomic mass is 16.5. The lowest BCUT2D eigenvalue weighted by Gasteiger charge is -2.14. The summed E-state index contributed by atoms with van der Waals surface area (Å²) in [6.45, 7) is 5.98. The Bertz CT molecular complexity index is 454. The van der Waals surface area contributed by atoms with Crippen LogP contribution >= 0.6 is 0 Å². The van der Waals surface area contributed by atoms with Gasteiger partial charge in [-0.1, -0.05) is 19.0 Å². The van der Waals surface area contributed by atoms with Crippen LogP contribution in [0.4, 0.5) is 0 Å². The van der Waals surface area contributed by atoms with E-state index in [4.69, 9.17) is 14.0 Å². The minimum absolute atomic E-state index is 0.0317. The highest BCUT2D eigenvalue weighted by molar-refractivity contribution is 5.77. The predicted octanol–water partition coefficient (Wildman–Crippen LogP) is 2.47. The number of rotatable bonds is 7. The van der Waals surface area contributed by atoms with E-state index in [1.54, 1.807) is 14.0 Å². The Kier molecular flexibility index (Phi) is 4.75. The number of hydrogen-bond donors (Lipinski definition) is 0. The molecule has 1 fully saturated rings. The number of methoxy groups -OCH3 is 1. The molecule has 0 saturated heterocycles. The number of ether oxygens (including phenoxy) is 2. The summed E-state index contributed by atoms with van der Waals surface area (Å²) in [6.07, 6.45) is 2.10. The van der Waals surface area contributed by atoms with Crippen LogP contribution in [0.25, 0.3) is 0 Å². The summed E-state index contributed by atoms with van der Waals surface area (Å²) >= 11 is 0. The first-order chi connectivity index (χ1) is 9.58. The summed E-state index contributed by atoms with van der Waals surface area (Å²) < 4.78 is 15.8. The summed E-state index contributed by atoms with van der Waals surface area (Å²) in [7, 11) is 1.64. The lowest BCUT2D eigenvalue weighted by Crippen LogP contribution is -2.21. The molecular weight excluding hydrogens is 260 g/mol. The van der Waals surface area contributed by atoms with E-state index >= 15 is 0 Å². The van der Waals surface area contributed by atoms with Gasteiger partial charge in [-0.15, -0.1) is 0 Å². The van der Waals surface area contributed by atoms with E-state index < -0.39 is 5.92 Å². The van der Waals surface area contributed by atoms with Crippen molar-refractivity contribution in [3.63, 3.8) is 0 Å². The van der Waals surface area contributed by atoms with Gasteiger partial charge in [0.25, 0.3) is 0 Å². The molecule has 1 aromatic heterocycles. The largest absolute Gasteiger partial charge is 0.465 e. The maximum absolute atomic E-state index is 12.0. The molecule has 1 saturated carbocycles. The van der Waals surface area contributed by atoms with Crippen LogP contribution in [0.15, 0.2) is 4.52 Å². The number of carbonyl (C=O) groups excluding carboxylic acids is 1. The fourth-order valence-corrected chi connectivity index (χ4v) is 2.29. The molecule has 0 aliphatic heterocycles. The van der Waals surface area contributed by atoms with Crippen molar-refractivity contribution in [3.05, 3.63) is 11.7 Å². The van der Waals surface area contributed by atoms with E-state index in [1.165, 1.54) is 0 Å². The summed E-state index contributed by atoms with van der Waals surface area (Å²) in [4.78, 5) is 16.4. The summed E-state index contributed by atoms with van der Waals surface area (Å²) in [6, 6.07) is 0. The van der Waals surface area contributed by atoms with Crippen LogP contribution in [0.1, 0.15) is 57.3 Å². The van der Waals surface area contributed by atoms with Crippen molar-refractivity contribution in [2.75, 3.05) is 13.7 Å². The van der Waals surface area contributed by atoms with Crippen molar-refractivity contribution in [2.24, 2.45) is 11.8 Å². The third kappa shape index (κ3) is 3.17. The fourth-order valence-electron chi connectivity index (χ4n) is 2.29. The van der Waals surface area contributed by atoms with E-state index in [9.17, 15) is 4.79 Å². The number of esters is 1. The topological polar surface area (TPSA) is 74.5 Å². The summed E-state index contributed by atoms with van der Waals surface area (Å²) in [5.41, 5.74) is 0. The Balaban J connectivity index is 2.17. The fraction of sp³-hybridized carbons (Fsp3) is 0.786. The Morgan fingerprint density at radius 3 is 2.65 bits per heavy atom. The first-order valence-corrected chi connectivity index (χ1v) is 7.11. The molecule has 1 heterocycles. The van der Waals surface area contributed by atoms with E-state index in [-0.39, 0.29) is 18.0 Å². The summed E-state index contributed by atoms with van der Waals surface area (Å²) in [5, 5.41) is 3.98. The van der Waals surface area contributed by atoms with Gasteiger partial charge >= 0.3 is 5.97 Å². The second-order valence-corrected chi connectivity index (χ2v) is 5.46. The van der Waals surface area contributed by atoms with Crippen LogP contribution < -0.4 is 0 Å². The van der Waals surface area contributed by atoms with Crippen LogP contribution in [-0.2, 0) is 14.3 Å². The maximum atomic E-state index is 12.0. The average molecular weight is 282 g/mol. The van der Waals surface area contributed by atoms with Crippen molar-refractivity contribution in [1.82, 2.24) is 10.1 Å². The second-order valence-electron chi connectivity index (χ2n) is 5.46. The molecule has 0 spiro atoms. The molecule has 1 aromatic rings. The Morgan fingerprint density at radius 1 is 1.45 bits per heavy atom. The van der Waals surface area contributed by atoms with Crippen molar-refractivity contribution >= 4 is 5.97 Å². The minimum Gasteiger partial charge on any atom is -0.465 e. The van der Waals surface area contributed by atoms with Gasteiger partial charge in [0.2, 0.25) is 11.7 Å². The van der Waals surface area contributed by atoms with Gasteiger partial charge in [-0.2, -0.15) is 4.98 Å². The molecule has 2 unspecified atom stereocenters. The van der Waals surface area contributed by atoms with Crippen LogP contribution in [0.5, 0.6) is 0 Å². The minimum atomic E-state index is -0.520. The van der Waals surface area contributed by atoms with Crippen LogP contribution in [-0.4, -0.2) is 29.8 Å². The maximum Gasteiger partial charge on any atom is 0.318 e. The van der Waals surface area contributed by atoms with Crippen molar-refractivity contribution in [1.29, 1.82) is 0 Å². The number of aromatic nitrogens is 2. The SMILES string of the molecule is CCOC(=O)C(c1nc(C(OC)C2CC2)no1)C(C)C. The second kappa shape index (κ2) is 6.35. The first-order valence-electron chi connectivity index (χ1n) is 7.11. The molecule has 2 atom stereocenters. The lowest BCUT2D eigenvalue weighted by atomic mass is 9.96. The van der Waals surface area contributed by atoms with Crippen LogP contribution in [0.2, 0.25) is 0 Å². The summed E-state index contributed by atoms with van der Waals surface area (Å²) in [5.74, 6) is 0.497. The first kappa shape index (κ1) is 15.0. The van der Waals surface area contributed by atoms with Crippen LogP contribution in [0, 0.1) is 11.8 Å².